The van der Waals surface area contributed by atoms with Gasteiger partial charge in [-0.05, 0) is 25.2 Å². The Morgan fingerprint density at radius 2 is 2.04 bits per heavy atom. The third kappa shape index (κ3) is 5.64. The van der Waals surface area contributed by atoms with Crippen molar-refractivity contribution in [1.82, 2.24) is 10.2 Å². The zero-order valence-electron chi connectivity index (χ0n) is 15.0. The maximum atomic E-state index is 12.5. The molecule has 0 aromatic rings. The molecule has 28 heavy (non-hydrogen) atoms. The van der Waals surface area contributed by atoms with Crippen LogP contribution in [0.3, 0.4) is 0 Å². The zero-order valence-corrected chi connectivity index (χ0v) is 15.8. The molecule has 1 aliphatic heterocycles. The number of rotatable bonds is 10. The van der Waals surface area contributed by atoms with E-state index < -0.39 is 60.4 Å². The molecule has 0 saturated carbocycles. The number of nitrogens with two attached hydrogens (primary N) is 1. The van der Waals surface area contributed by atoms with Gasteiger partial charge in [-0.2, -0.15) is 0 Å². The molecule has 0 aliphatic carbocycles. The number of aliphatic carboxylic acids is 1. The lowest BCUT2D eigenvalue weighted by molar-refractivity contribution is -0.164. The average Bonchev–Trinajstić information content (AvgIpc) is 2.64. The monoisotopic (exact) mass is 417 g/mol. The van der Waals surface area contributed by atoms with Crippen LogP contribution < -0.4 is 11.1 Å². The van der Waals surface area contributed by atoms with Crippen LogP contribution in [0.4, 0.5) is 0 Å². The van der Waals surface area contributed by atoms with E-state index in [1.54, 1.807) is 0 Å². The molecule has 12 heteroatoms. The number of carbonyl (C=O) groups excluding carboxylic acids is 2. The van der Waals surface area contributed by atoms with Crippen LogP contribution in [0.25, 0.3) is 0 Å². The number of nitrogens with one attached hydrogen (secondary N) is 1. The Morgan fingerprint density at radius 3 is 2.54 bits per heavy atom. The van der Waals surface area contributed by atoms with Crippen LogP contribution in [0.2, 0.25) is 0 Å². The Labute approximate surface area is 166 Å². The molecule has 5 atom stereocenters. The number of aliphatic hydroxyl groups is 3. The lowest BCUT2D eigenvalue weighted by Gasteiger charge is -2.32. The quantitative estimate of drug-likeness (QED) is 0.0942. The fraction of sp³-hybridized carbons (Fsp3) is 0.500. The number of thiocarbonyl (C=S) groups is 1. The Kier molecular flexibility index (Phi) is 8.81. The van der Waals surface area contributed by atoms with E-state index in [9.17, 15) is 24.6 Å². The highest BCUT2D eigenvalue weighted by molar-refractivity contribution is 7.80. The molecule has 1 heterocycles. The number of ether oxygens (including phenoxy) is 1. The summed E-state index contributed by atoms with van der Waals surface area (Å²) in [5.74, 6) is -2.98. The van der Waals surface area contributed by atoms with Gasteiger partial charge in [-0.25, -0.2) is 4.79 Å². The summed E-state index contributed by atoms with van der Waals surface area (Å²) in [6.45, 7) is 3.82. The van der Waals surface area contributed by atoms with Gasteiger partial charge in [-0.1, -0.05) is 6.08 Å². The van der Waals surface area contributed by atoms with Gasteiger partial charge < -0.3 is 30.9 Å². The second-order valence-corrected chi connectivity index (χ2v) is 6.33. The van der Waals surface area contributed by atoms with Crippen LogP contribution in [0.5, 0.6) is 0 Å². The summed E-state index contributed by atoms with van der Waals surface area (Å²) < 4.78 is 5.18. The third-order valence-corrected chi connectivity index (χ3v) is 4.19. The van der Waals surface area contributed by atoms with Gasteiger partial charge in [0.15, 0.2) is 11.2 Å². The van der Waals surface area contributed by atoms with Crippen molar-refractivity contribution in [2.75, 3.05) is 13.2 Å². The minimum Gasteiger partial charge on any atom is -0.479 e. The first kappa shape index (κ1) is 23.8. The highest BCUT2D eigenvalue weighted by atomic mass is 32.1. The summed E-state index contributed by atoms with van der Waals surface area (Å²) in [7, 11) is 0. The summed E-state index contributed by atoms with van der Waals surface area (Å²) in [6.07, 6.45) is -4.12. The molecule has 0 radical (unpaired) electrons. The van der Waals surface area contributed by atoms with Crippen LogP contribution in [0, 0.1) is 0 Å². The molecule has 1 aliphatic rings. The van der Waals surface area contributed by atoms with Crippen molar-refractivity contribution in [1.29, 1.82) is 0 Å². The van der Waals surface area contributed by atoms with Crippen LogP contribution in [-0.4, -0.2) is 91.8 Å². The lowest BCUT2D eigenvalue weighted by Crippen LogP contribution is -2.55. The van der Waals surface area contributed by atoms with Gasteiger partial charge >= 0.3 is 5.97 Å². The van der Waals surface area contributed by atoms with Crippen molar-refractivity contribution in [3.63, 3.8) is 0 Å². The molecule has 1 rings (SSSR count). The molecule has 0 spiro atoms. The molecule has 0 bridgehead atoms. The molecular formula is C16H23N3O8S. The average molecular weight is 417 g/mol. The van der Waals surface area contributed by atoms with E-state index in [0.29, 0.717) is 0 Å². The van der Waals surface area contributed by atoms with Gasteiger partial charge in [0.25, 0.3) is 11.8 Å². The van der Waals surface area contributed by atoms with E-state index in [-0.39, 0.29) is 11.7 Å². The normalized spacial score (nSPS) is 21.7. The van der Waals surface area contributed by atoms with Crippen LogP contribution in [0.15, 0.2) is 24.3 Å². The Balaban J connectivity index is 3.21. The minimum atomic E-state index is -1.80. The van der Waals surface area contributed by atoms with E-state index in [2.05, 4.69) is 11.9 Å². The van der Waals surface area contributed by atoms with Gasteiger partial charge in [0.2, 0.25) is 0 Å². The van der Waals surface area contributed by atoms with E-state index in [4.69, 9.17) is 32.9 Å². The zero-order chi connectivity index (χ0) is 21.6. The Hall–Kier alpha value is -2.22. The van der Waals surface area contributed by atoms with Crippen molar-refractivity contribution < 1.29 is 39.5 Å². The highest BCUT2D eigenvalue weighted by Gasteiger charge is 2.37. The Bertz CT molecular complexity index is 683. The van der Waals surface area contributed by atoms with Crippen LogP contribution in [-0.2, 0) is 19.1 Å². The second kappa shape index (κ2) is 10.4. The molecule has 0 unspecified atom stereocenters. The SMILES string of the molecule is C=CCN1C(=O)/C(=C/[C@H](N)[C@@H](O[C@H](C)C(=O)O)[C@@H](O)[C@H](O)CO)C(=O)NC1=S. The molecule has 1 fully saturated rings. The summed E-state index contributed by atoms with van der Waals surface area (Å²) in [6, 6.07) is -1.39. The first-order valence-corrected chi connectivity index (χ1v) is 8.56. The fourth-order valence-corrected chi connectivity index (χ4v) is 2.57. The maximum Gasteiger partial charge on any atom is 0.332 e. The largest absolute Gasteiger partial charge is 0.479 e. The van der Waals surface area contributed by atoms with Crippen molar-refractivity contribution in [3.05, 3.63) is 24.3 Å². The van der Waals surface area contributed by atoms with Crippen molar-refractivity contribution in [3.8, 4) is 0 Å². The number of carboxylic acid groups (broad SMARTS) is 1. The predicted molar refractivity (Wildman–Crippen MR) is 99.8 cm³/mol. The topological polar surface area (TPSA) is 183 Å². The summed E-state index contributed by atoms with van der Waals surface area (Å²) >= 11 is 4.92. The molecule has 0 aromatic heterocycles. The van der Waals surface area contributed by atoms with E-state index in [1.807, 2.05) is 0 Å². The van der Waals surface area contributed by atoms with Crippen LogP contribution in [0.1, 0.15) is 6.92 Å². The molecule has 11 nitrogen and oxygen atoms in total. The number of carboxylic acids is 1. The summed E-state index contributed by atoms with van der Waals surface area (Å²) in [5, 5.41) is 40.0. The smallest absolute Gasteiger partial charge is 0.332 e. The van der Waals surface area contributed by atoms with Crippen LogP contribution >= 0.6 is 12.2 Å². The first-order chi connectivity index (χ1) is 13.0. The lowest BCUT2D eigenvalue weighted by atomic mass is 9.98. The van der Waals surface area contributed by atoms with Crippen molar-refractivity contribution in [2.45, 2.75) is 37.4 Å². The van der Waals surface area contributed by atoms with Gasteiger partial charge in [0, 0.05) is 6.54 Å². The fourth-order valence-electron chi connectivity index (χ4n) is 2.32. The molecular weight excluding hydrogens is 394 g/mol. The van der Waals surface area contributed by atoms with Gasteiger partial charge in [-0.15, -0.1) is 6.58 Å². The number of carbonyl (C=O) groups is 3. The van der Waals surface area contributed by atoms with Crippen molar-refractivity contribution in [2.24, 2.45) is 5.73 Å². The van der Waals surface area contributed by atoms with Gasteiger partial charge in [0.1, 0.15) is 23.9 Å². The molecule has 2 amide bonds. The molecule has 156 valence electrons. The third-order valence-electron chi connectivity index (χ3n) is 3.86. The number of aliphatic hydroxyl groups excluding tert-OH is 3. The number of nitrogens with zero attached hydrogens (tertiary/aromatic N) is 1. The number of amides is 2. The van der Waals surface area contributed by atoms with E-state index in [0.717, 1.165) is 17.9 Å². The van der Waals surface area contributed by atoms with E-state index >= 15 is 0 Å². The minimum absolute atomic E-state index is 0.0202. The highest BCUT2D eigenvalue weighted by Crippen LogP contribution is 2.16. The van der Waals surface area contributed by atoms with Gasteiger partial charge in [0.05, 0.1) is 12.6 Å². The molecule has 0 aromatic carbocycles. The number of hydrogen-bond donors (Lipinski definition) is 6. The standard InChI is InChI=1S/C16H23N3O8S/c1-3-4-19-14(24)8(13(23)18-16(19)28)5-9(17)12(11(22)10(21)6-20)27-7(2)15(25)26/h3,5,7,9-12,20-22H,1,4,6,17H2,2H3,(H,25,26)(H,18,23,28)/b8-5+/t7-,9+,10-,11+,12-/m1/s1. The Morgan fingerprint density at radius 1 is 1.43 bits per heavy atom. The van der Waals surface area contributed by atoms with Gasteiger partial charge in [-0.3, -0.25) is 19.8 Å². The summed E-state index contributed by atoms with van der Waals surface area (Å²) in [5.41, 5.74) is 5.51. The number of hydrogen-bond acceptors (Lipinski definition) is 9. The van der Waals surface area contributed by atoms with Crippen molar-refractivity contribution >= 4 is 35.1 Å². The molecule has 1 saturated heterocycles. The second-order valence-electron chi connectivity index (χ2n) is 5.94. The summed E-state index contributed by atoms with van der Waals surface area (Å²) in [4.78, 5) is 36.7. The predicted octanol–water partition coefficient (Wildman–Crippen LogP) is -2.76. The first-order valence-electron chi connectivity index (χ1n) is 8.15. The van der Waals surface area contributed by atoms with E-state index in [1.165, 1.54) is 6.08 Å². The maximum absolute atomic E-state index is 12.5. The molecule has 7 N–H and O–H groups in total.